The Balaban J connectivity index is 1.33. The van der Waals surface area contributed by atoms with Gasteiger partial charge in [0.25, 0.3) is 5.56 Å². The fraction of sp³-hybridized carbons (Fsp3) is 0.704. The largest absolute Gasteiger partial charge is 0.352 e. The lowest BCUT2D eigenvalue weighted by molar-refractivity contribution is 0.0498. The lowest BCUT2D eigenvalue weighted by atomic mass is 9.89. The van der Waals surface area contributed by atoms with E-state index in [1.807, 2.05) is 0 Å². The molecule has 0 radical (unpaired) electrons. The zero-order valence-corrected chi connectivity index (χ0v) is 19.4. The number of rotatable bonds is 3. The lowest BCUT2D eigenvalue weighted by Gasteiger charge is -2.45. The minimum absolute atomic E-state index is 0.148. The number of para-hydroxylation sites is 2. The summed E-state index contributed by atoms with van der Waals surface area (Å²) >= 11 is 0. The molecule has 2 aromatic rings. The molecule has 32 heavy (non-hydrogen) atoms. The Morgan fingerprint density at radius 2 is 1.38 bits per heavy atom. The Morgan fingerprint density at radius 3 is 2.09 bits per heavy atom. The molecule has 0 spiro atoms. The molecule has 2 bridgehead atoms. The highest BCUT2D eigenvalue weighted by Gasteiger charge is 2.44. The van der Waals surface area contributed by atoms with Gasteiger partial charge in [-0.15, -0.1) is 0 Å². The summed E-state index contributed by atoms with van der Waals surface area (Å²) in [6.45, 7) is 1.93. The number of hydrogen-bond acceptors (Lipinski definition) is 4. The number of aromatic nitrogens is 2. The minimum Gasteiger partial charge on any atom is -0.352 e. The third-order valence-electron chi connectivity index (χ3n) is 8.81. The van der Waals surface area contributed by atoms with Gasteiger partial charge < -0.3 is 9.47 Å². The van der Waals surface area contributed by atoms with Crippen molar-refractivity contribution in [1.82, 2.24) is 14.5 Å². The smallest absolute Gasteiger partial charge is 0.294 e. The van der Waals surface area contributed by atoms with E-state index in [1.165, 1.54) is 57.8 Å². The molecular formula is C27H38N4O. The van der Waals surface area contributed by atoms with Crippen LogP contribution in [0.15, 0.2) is 29.1 Å². The Bertz CT molecular complexity index is 988. The lowest BCUT2D eigenvalue weighted by Crippen LogP contribution is -2.50. The van der Waals surface area contributed by atoms with E-state index in [-0.39, 0.29) is 5.56 Å². The van der Waals surface area contributed by atoms with Crippen LogP contribution in [-0.4, -0.2) is 45.7 Å². The molecule has 5 nitrogen and oxygen atoms in total. The van der Waals surface area contributed by atoms with Gasteiger partial charge in [-0.3, -0.25) is 9.69 Å². The molecule has 1 aromatic carbocycles. The highest BCUT2D eigenvalue weighted by molar-refractivity contribution is 5.76. The maximum absolute atomic E-state index is 13.8. The maximum atomic E-state index is 13.8. The van der Waals surface area contributed by atoms with Gasteiger partial charge in [0.1, 0.15) is 0 Å². The first-order valence-corrected chi connectivity index (χ1v) is 13.3. The molecule has 4 heterocycles. The molecule has 1 aliphatic carbocycles. The summed E-state index contributed by atoms with van der Waals surface area (Å²) in [7, 11) is 0. The normalized spacial score (nSPS) is 30.0. The highest BCUT2D eigenvalue weighted by atomic mass is 16.1. The van der Waals surface area contributed by atoms with Gasteiger partial charge in [0.05, 0.1) is 11.0 Å². The zero-order valence-electron chi connectivity index (χ0n) is 19.4. The molecule has 3 atom stereocenters. The van der Waals surface area contributed by atoms with Crippen LogP contribution < -0.4 is 10.5 Å². The topological polar surface area (TPSA) is 41.4 Å². The first-order valence-electron chi connectivity index (χ1n) is 13.3. The van der Waals surface area contributed by atoms with Crippen molar-refractivity contribution in [3.05, 3.63) is 34.6 Å². The van der Waals surface area contributed by atoms with Crippen LogP contribution in [-0.2, 0) is 0 Å². The third kappa shape index (κ3) is 3.67. The van der Waals surface area contributed by atoms with Gasteiger partial charge in [-0.1, -0.05) is 44.2 Å². The van der Waals surface area contributed by atoms with Gasteiger partial charge >= 0.3 is 0 Å². The van der Waals surface area contributed by atoms with Gasteiger partial charge in [0, 0.05) is 37.3 Å². The average Bonchev–Trinajstić information content (AvgIpc) is 3.40. The summed E-state index contributed by atoms with van der Waals surface area (Å²) in [5, 5.41) is 0. The van der Waals surface area contributed by atoms with Crippen LogP contribution in [0.25, 0.3) is 11.0 Å². The molecule has 3 aliphatic heterocycles. The van der Waals surface area contributed by atoms with Crippen LogP contribution in [0.1, 0.15) is 89.5 Å². The van der Waals surface area contributed by atoms with E-state index in [1.54, 1.807) is 0 Å². The predicted molar refractivity (Wildman–Crippen MR) is 130 cm³/mol. The number of piperidine rings is 1. The van der Waals surface area contributed by atoms with E-state index >= 15 is 0 Å². The van der Waals surface area contributed by atoms with Crippen LogP contribution in [0.4, 0.5) is 5.82 Å². The second-order valence-electron chi connectivity index (χ2n) is 10.7. The second kappa shape index (κ2) is 8.81. The van der Waals surface area contributed by atoms with E-state index in [4.69, 9.17) is 4.98 Å². The van der Waals surface area contributed by atoms with E-state index in [9.17, 15) is 4.79 Å². The zero-order chi connectivity index (χ0) is 21.5. The Morgan fingerprint density at radius 1 is 0.719 bits per heavy atom. The first-order chi connectivity index (χ1) is 15.8. The Hall–Kier alpha value is -1.88. The summed E-state index contributed by atoms with van der Waals surface area (Å²) in [6, 6.07) is 10.7. The molecule has 0 N–H and O–H groups in total. The van der Waals surface area contributed by atoms with Crippen molar-refractivity contribution in [2.75, 3.05) is 18.0 Å². The fourth-order valence-corrected chi connectivity index (χ4v) is 7.36. The monoisotopic (exact) mass is 434 g/mol. The summed E-state index contributed by atoms with van der Waals surface area (Å²) in [6.07, 6.45) is 17.0. The Labute approximate surface area is 191 Å². The molecule has 4 aliphatic rings. The predicted octanol–water partition coefficient (Wildman–Crippen LogP) is 5.28. The molecule has 1 saturated carbocycles. The average molecular weight is 435 g/mol. The number of fused-ring (bicyclic) bond motifs is 3. The van der Waals surface area contributed by atoms with Gasteiger partial charge in [-0.05, 0) is 63.5 Å². The molecule has 1 unspecified atom stereocenters. The molecule has 4 fully saturated rings. The highest BCUT2D eigenvalue weighted by Crippen LogP contribution is 2.44. The van der Waals surface area contributed by atoms with Crippen LogP contribution >= 0.6 is 0 Å². The summed E-state index contributed by atoms with van der Waals surface area (Å²) in [4.78, 5) is 23.8. The van der Waals surface area contributed by atoms with Crippen molar-refractivity contribution in [3.8, 4) is 0 Å². The third-order valence-corrected chi connectivity index (χ3v) is 8.81. The quantitative estimate of drug-likeness (QED) is 0.659. The summed E-state index contributed by atoms with van der Waals surface area (Å²) in [5.41, 5.74) is 2.16. The number of anilines is 1. The van der Waals surface area contributed by atoms with E-state index < -0.39 is 0 Å². The van der Waals surface area contributed by atoms with Crippen LogP contribution in [0, 0.1) is 0 Å². The SMILES string of the molecule is O=c1c(N2CCCC2)nc2ccccc2n1[C@H]1CC2CC[C@@H](C1)N2C1CCCCCCC1. The fourth-order valence-electron chi connectivity index (χ4n) is 7.36. The molecule has 6 rings (SSSR count). The van der Waals surface area contributed by atoms with Gasteiger partial charge in [0.2, 0.25) is 0 Å². The standard InChI is InChI=1S/C27H38N4O/c32-27-26(29-16-8-9-17-29)28-24-12-6-7-13-25(24)31(27)23-18-21-14-15-22(19-23)30(21)20-10-4-2-1-3-5-11-20/h6-7,12-13,20-23H,1-5,8-11,14-19H2/t21-,22?,23+/m0/s1. The van der Waals surface area contributed by atoms with Gasteiger partial charge in [0.15, 0.2) is 5.82 Å². The van der Waals surface area contributed by atoms with Crippen molar-refractivity contribution in [2.24, 2.45) is 0 Å². The summed E-state index contributed by atoms with van der Waals surface area (Å²) < 4.78 is 2.16. The van der Waals surface area contributed by atoms with E-state index in [0.29, 0.717) is 23.9 Å². The molecule has 3 saturated heterocycles. The van der Waals surface area contributed by atoms with Crippen molar-refractivity contribution in [2.45, 2.75) is 108 Å². The van der Waals surface area contributed by atoms with Crippen molar-refractivity contribution < 1.29 is 0 Å². The van der Waals surface area contributed by atoms with Crippen molar-refractivity contribution in [1.29, 1.82) is 0 Å². The van der Waals surface area contributed by atoms with Crippen molar-refractivity contribution >= 4 is 16.9 Å². The first kappa shape index (κ1) is 20.7. The minimum atomic E-state index is 0.148. The molecule has 1 aromatic heterocycles. The van der Waals surface area contributed by atoms with E-state index in [0.717, 1.165) is 55.8 Å². The van der Waals surface area contributed by atoms with Crippen LogP contribution in [0.2, 0.25) is 0 Å². The molecular weight excluding hydrogens is 396 g/mol. The number of hydrogen-bond donors (Lipinski definition) is 0. The Kier molecular flexibility index (Phi) is 5.70. The van der Waals surface area contributed by atoms with Crippen LogP contribution in [0.5, 0.6) is 0 Å². The second-order valence-corrected chi connectivity index (χ2v) is 10.7. The number of benzene rings is 1. The van der Waals surface area contributed by atoms with Gasteiger partial charge in [-0.25, -0.2) is 4.98 Å². The summed E-state index contributed by atoms with van der Waals surface area (Å²) in [5.74, 6) is 0.691. The van der Waals surface area contributed by atoms with E-state index in [2.05, 4.69) is 38.6 Å². The molecule has 0 amide bonds. The molecule has 172 valence electrons. The molecule has 5 heteroatoms. The van der Waals surface area contributed by atoms with Crippen molar-refractivity contribution in [3.63, 3.8) is 0 Å². The van der Waals surface area contributed by atoms with Gasteiger partial charge in [-0.2, -0.15) is 0 Å². The van der Waals surface area contributed by atoms with Crippen LogP contribution in [0.3, 0.4) is 0 Å². The maximum Gasteiger partial charge on any atom is 0.294 e. The number of nitrogens with zero attached hydrogens (tertiary/aromatic N) is 4.